The number of carbonyl (C=O) groups is 1. The summed E-state index contributed by atoms with van der Waals surface area (Å²) in [7, 11) is 0. The van der Waals surface area contributed by atoms with E-state index < -0.39 is 5.91 Å². The molecule has 1 amide bonds. The summed E-state index contributed by atoms with van der Waals surface area (Å²) in [5.74, 6) is 0.971. The lowest BCUT2D eigenvalue weighted by molar-refractivity contribution is -0.114. The Morgan fingerprint density at radius 1 is 1.19 bits per heavy atom. The van der Waals surface area contributed by atoms with Crippen LogP contribution in [-0.4, -0.2) is 27.0 Å². The minimum atomic E-state index is -0.452. The lowest BCUT2D eigenvalue weighted by Crippen LogP contribution is -2.35. The fourth-order valence-electron chi connectivity index (χ4n) is 2.57. The first kappa shape index (κ1) is 16.5. The van der Waals surface area contributed by atoms with Crippen molar-refractivity contribution in [2.75, 3.05) is 0 Å². The normalized spacial score (nSPS) is 18.4. The molecule has 0 spiro atoms. The zero-order chi connectivity index (χ0) is 18.3. The van der Waals surface area contributed by atoms with Crippen LogP contribution in [0.3, 0.4) is 0 Å². The van der Waals surface area contributed by atoms with Gasteiger partial charge in [0.1, 0.15) is 16.6 Å². The molecule has 1 aromatic carbocycles. The fourth-order valence-corrected chi connectivity index (χ4v) is 3.46. The zero-order valence-corrected chi connectivity index (χ0v) is 15.1. The second-order valence-electron chi connectivity index (χ2n) is 6.18. The van der Waals surface area contributed by atoms with Gasteiger partial charge in [0, 0.05) is 11.5 Å². The van der Waals surface area contributed by atoms with Crippen molar-refractivity contribution in [3.8, 4) is 11.3 Å². The molecule has 2 aromatic rings. The second-order valence-corrected chi connectivity index (χ2v) is 7.17. The van der Waals surface area contributed by atoms with Crippen molar-refractivity contribution in [2.45, 2.75) is 13.8 Å². The Morgan fingerprint density at radius 2 is 1.96 bits per heavy atom. The number of aliphatic imine (C=N–C) groups is 1. The van der Waals surface area contributed by atoms with E-state index in [1.54, 1.807) is 12.1 Å². The molecule has 1 aromatic heterocycles. The van der Waals surface area contributed by atoms with Crippen LogP contribution in [0.1, 0.15) is 19.6 Å². The first-order valence-electron chi connectivity index (χ1n) is 8.18. The van der Waals surface area contributed by atoms with Crippen LogP contribution in [0.25, 0.3) is 17.4 Å². The smallest absolute Gasteiger partial charge is 0.283 e. The predicted octanol–water partition coefficient (Wildman–Crippen LogP) is 4.22. The number of hydrazone groups is 1. The predicted molar refractivity (Wildman–Crippen MR) is 104 cm³/mol. The molecule has 0 saturated heterocycles. The summed E-state index contributed by atoms with van der Waals surface area (Å²) in [6.45, 7) is 4.03. The fraction of sp³-hybridized carbons (Fsp3) is 0.158. The van der Waals surface area contributed by atoms with Gasteiger partial charge in [0.15, 0.2) is 5.84 Å². The number of hydrogen-bond acceptors (Lipinski definition) is 5. The van der Waals surface area contributed by atoms with Crippen LogP contribution in [0.5, 0.6) is 0 Å². The lowest BCUT2D eigenvalue weighted by Gasteiger charge is -2.19. The van der Waals surface area contributed by atoms with Crippen molar-refractivity contribution in [1.82, 2.24) is 5.01 Å². The number of rotatable bonds is 3. The van der Waals surface area contributed by atoms with E-state index in [0.29, 0.717) is 16.7 Å². The Balaban J connectivity index is 1.65. The summed E-state index contributed by atoms with van der Waals surface area (Å²) in [6, 6.07) is 13.3. The van der Waals surface area contributed by atoms with Gasteiger partial charge in [-0.1, -0.05) is 44.2 Å². The van der Waals surface area contributed by atoms with E-state index in [0.717, 1.165) is 10.6 Å². The molecule has 0 bridgehead atoms. The Morgan fingerprint density at radius 3 is 2.69 bits per heavy atom. The van der Waals surface area contributed by atoms with Gasteiger partial charge in [-0.2, -0.15) is 15.1 Å². The molecule has 0 aliphatic carbocycles. The highest BCUT2D eigenvalue weighted by molar-refractivity contribution is 8.27. The molecule has 2 aliphatic heterocycles. The third kappa shape index (κ3) is 2.90. The van der Waals surface area contributed by atoms with Crippen molar-refractivity contribution in [3.05, 3.63) is 53.8 Å². The van der Waals surface area contributed by atoms with E-state index >= 15 is 0 Å². The maximum absolute atomic E-state index is 12.4. The van der Waals surface area contributed by atoms with Gasteiger partial charge in [-0.25, -0.2) is 0 Å². The molecule has 0 fully saturated rings. The largest absolute Gasteiger partial charge is 0.457 e. The third-order valence-corrected chi connectivity index (χ3v) is 5.14. The number of thioether (sulfide) groups is 1. The highest BCUT2D eigenvalue weighted by Crippen LogP contribution is 2.31. The number of hydrogen-bond donors (Lipinski definition) is 1. The Bertz CT molecular complexity index is 986. The molecular weight excluding hydrogens is 348 g/mol. The van der Waals surface area contributed by atoms with Gasteiger partial charge in [-0.3, -0.25) is 10.2 Å². The summed E-state index contributed by atoms with van der Waals surface area (Å²) >= 11 is 1.33. The average Bonchev–Trinajstić information content (AvgIpc) is 3.26. The SMILES string of the molecule is CC(C)C1=NN2C(=N)/C(=C/c3ccc(-c4ccccc4)o3)C(=O)N=C2S1. The zero-order valence-electron chi connectivity index (χ0n) is 14.3. The Labute approximate surface area is 154 Å². The van der Waals surface area contributed by atoms with Crippen molar-refractivity contribution in [3.63, 3.8) is 0 Å². The quantitative estimate of drug-likeness (QED) is 0.827. The van der Waals surface area contributed by atoms with E-state index in [1.807, 2.05) is 50.2 Å². The molecule has 0 radical (unpaired) electrons. The maximum Gasteiger partial charge on any atom is 0.283 e. The summed E-state index contributed by atoms with van der Waals surface area (Å²) < 4.78 is 5.81. The van der Waals surface area contributed by atoms with E-state index in [4.69, 9.17) is 9.83 Å². The van der Waals surface area contributed by atoms with Crippen molar-refractivity contribution < 1.29 is 9.21 Å². The van der Waals surface area contributed by atoms with Crippen LogP contribution in [-0.2, 0) is 4.79 Å². The van der Waals surface area contributed by atoms with Crippen molar-refractivity contribution in [1.29, 1.82) is 5.41 Å². The lowest BCUT2D eigenvalue weighted by atomic mass is 10.1. The van der Waals surface area contributed by atoms with Gasteiger partial charge in [0.05, 0.1) is 5.57 Å². The standard InChI is InChI=1S/C19H16N4O2S/c1-11(2)18-22-23-16(20)14(17(24)21-19(23)26-18)10-13-8-9-15(25-13)12-6-4-3-5-7-12/h3-11,20H,1-2H3/b14-10-,20-16?. The van der Waals surface area contributed by atoms with E-state index in [-0.39, 0.29) is 17.3 Å². The van der Waals surface area contributed by atoms with Gasteiger partial charge >= 0.3 is 0 Å². The molecule has 1 N–H and O–H groups in total. The van der Waals surface area contributed by atoms with Crippen LogP contribution in [0.15, 0.2) is 62.5 Å². The molecule has 130 valence electrons. The van der Waals surface area contributed by atoms with Gasteiger partial charge in [0.25, 0.3) is 5.91 Å². The molecule has 2 aliphatic rings. The van der Waals surface area contributed by atoms with Crippen LogP contribution < -0.4 is 0 Å². The number of amidine groups is 2. The van der Waals surface area contributed by atoms with Crippen LogP contribution in [0, 0.1) is 11.3 Å². The summed E-state index contributed by atoms with van der Waals surface area (Å²) in [6.07, 6.45) is 1.55. The first-order chi connectivity index (χ1) is 12.5. The Hall–Kier alpha value is -2.93. The molecule has 6 nitrogen and oxygen atoms in total. The maximum atomic E-state index is 12.4. The number of carbonyl (C=O) groups excluding carboxylic acids is 1. The van der Waals surface area contributed by atoms with Crippen LogP contribution >= 0.6 is 11.8 Å². The van der Waals surface area contributed by atoms with E-state index in [1.165, 1.54) is 16.8 Å². The minimum absolute atomic E-state index is 0.0146. The highest BCUT2D eigenvalue weighted by atomic mass is 32.2. The van der Waals surface area contributed by atoms with Gasteiger partial charge in [-0.15, -0.1) is 0 Å². The van der Waals surface area contributed by atoms with Crippen LogP contribution in [0.2, 0.25) is 0 Å². The van der Waals surface area contributed by atoms with Crippen LogP contribution in [0.4, 0.5) is 0 Å². The molecular formula is C19H16N4O2S. The van der Waals surface area contributed by atoms with E-state index in [9.17, 15) is 4.79 Å². The topological polar surface area (TPSA) is 82.0 Å². The number of benzene rings is 1. The first-order valence-corrected chi connectivity index (χ1v) is 9.00. The Kier molecular flexibility index (Phi) is 4.08. The average molecular weight is 364 g/mol. The third-order valence-electron chi connectivity index (χ3n) is 3.94. The number of amides is 1. The molecule has 3 heterocycles. The molecule has 26 heavy (non-hydrogen) atoms. The minimum Gasteiger partial charge on any atom is -0.457 e. The van der Waals surface area contributed by atoms with E-state index in [2.05, 4.69) is 10.1 Å². The van der Waals surface area contributed by atoms with Gasteiger partial charge in [-0.05, 0) is 30.0 Å². The molecule has 0 saturated carbocycles. The molecule has 0 atom stereocenters. The van der Waals surface area contributed by atoms with Gasteiger partial charge in [0.2, 0.25) is 5.17 Å². The molecule has 0 unspecified atom stereocenters. The summed E-state index contributed by atoms with van der Waals surface area (Å²) in [5.41, 5.74) is 1.11. The number of nitrogens with one attached hydrogen (secondary N) is 1. The summed E-state index contributed by atoms with van der Waals surface area (Å²) in [4.78, 5) is 16.4. The number of nitrogens with zero attached hydrogens (tertiary/aromatic N) is 3. The van der Waals surface area contributed by atoms with Crippen molar-refractivity contribution >= 4 is 39.8 Å². The summed E-state index contributed by atoms with van der Waals surface area (Å²) in [5, 5.41) is 15.4. The number of furan rings is 1. The highest BCUT2D eigenvalue weighted by Gasteiger charge is 2.36. The molecule has 4 rings (SSSR count). The number of fused-ring (bicyclic) bond motifs is 1. The van der Waals surface area contributed by atoms with Crippen molar-refractivity contribution in [2.24, 2.45) is 16.0 Å². The molecule has 7 heteroatoms. The monoisotopic (exact) mass is 364 g/mol. The second kappa shape index (κ2) is 6.42. The van der Waals surface area contributed by atoms with Gasteiger partial charge < -0.3 is 4.42 Å².